The van der Waals surface area contributed by atoms with Gasteiger partial charge in [0.25, 0.3) is 10.0 Å². The summed E-state index contributed by atoms with van der Waals surface area (Å²) in [4.78, 5) is 0.664. The van der Waals surface area contributed by atoms with E-state index in [9.17, 15) is 8.42 Å². The van der Waals surface area contributed by atoms with E-state index in [0.717, 1.165) is 11.4 Å². The molecule has 0 aliphatic carbocycles. The van der Waals surface area contributed by atoms with Gasteiger partial charge in [0, 0.05) is 11.3 Å². The lowest BCUT2D eigenvalue weighted by atomic mass is 10.1. The summed E-state index contributed by atoms with van der Waals surface area (Å²) in [5.41, 5.74) is 0. The van der Waals surface area contributed by atoms with Gasteiger partial charge in [-0.1, -0.05) is 25.2 Å². The Bertz CT molecular complexity index is 724. The number of halogens is 1. The molecule has 6 nitrogen and oxygen atoms in total. The lowest BCUT2D eigenvalue weighted by molar-refractivity contribution is 0.285. The van der Waals surface area contributed by atoms with Crippen molar-refractivity contribution in [2.45, 2.75) is 31.8 Å². The minimum Gasteiger partial charge on any atom is -0.391 e. The highest BCUT2D eigenvalue weighted by atomic mass is 79.9. The number of sulfonamides is 1. The first-order chi connectivity index (χ1) is 9.81. The summed E-state index contributed by atoms with van der Waals surface area (Å²) in [6, 6.07) is 1.44. The van der Waals surface area contributed by atoms with E-state index in [0.29, 0.717) is 14.6 Å². The molecule has 0 radical (unpaired) electrons. The number of hydrogen-bond acceptors (Lipinski definition) is 7. The molecule has 2 rings (SSSR count). The average molecular weight is 412 g/mol. The highest BCUT2D eigenvalue weighted by molar-refractivity contribution is 9.11. The van der Waals surface area contributed by atoms with Crippen LogP contribution in [-0.4, -0.2) is 23.7 Å². The normalized spacial score (nSPS) is 12.0. The van der Waals surface area contributed by atoms with E-state index < -0.39 is 10.0 Å². The number of thiophene rings is 1. The Morgan fingerprint density at radius 2 is 2.10 bits per heavy atom. The summed E-state index contributed by atoms with van der Waals surface area (Å²) >= 11 is 5.61. The molecule has 0 fully saturated rings. The van der Waals surface area contributed by atoms with Crippen LogP contribution >= 0.6 is 38.6 Å². The van der Waals surface area contributed by atoms with Gasteiger partial charge in [-0.2, -0.15) is 0 Å². The number of aliphatic hydroxyl groups is 1. The Balaban J connectivity index is 2.20. The van der Waals surface area contributed by atoms with E-state index in [4.69, 9.17) is 5.11 Å². The molecule has 10 heteroatoms. The molecule has 0 unspecified atom stereocenters. The molecule has 0 aromatic carbocycles. The number of hydrogen-bond donors (Lipinski definition) is 2. The Kier molecular flexibility index (Phi) is 5.36. The molecule has 0 saturated heterocycles. The van der Waals surface area contributed by atoms with Crippen LogP contribution in [0.4, 0.5) is 5.13 Å². The largest absolute Gasteiger partial charge is 0.391 e. The zero-order chi connectivity index (χ0) is 15.6. The molecule has 0 spiro atoms. The maximum atomic E-state index is 12.3. The van der Waals surface area contributed by atoms with Gasteiger partial charge in [-0.05, 0) is 27.9 Å². The van der Waals surface area contributed by atoms with Crippen LogP contribution in [0.1, 0.15) is 23.7 Å². The Morgan fingerprint density at radius 1 is 1.38 bits per heavy atom. The molecule has 21 heavy (non-hydrogen) atoms. The van der Waals surface area contributed by atoms with Crippen LogP contribution in [0.15, 0.2) is 14.7 Å². The Morgan fingerprint density at radius 3 is 2.67 bits per heavy atom. The van der Waals surface area contributed by atoms with Crippen molar-refractivity contribution < 1.29 is 13.5 Å². The van der Waals surface area contributed by atoms with E-state index in [1.807, 2.05) is 0 Å². The predicted octanol–water partition coefficient (Wildman–Crippen LogP) is 2.85. The third kappa shape index (κ3) is 4.22. The van der Waals surface area contributed by atoms with Crippen LogP contribution in [0.5, 0.6) is 0 Å². The molecule has 0 aliphatic rings. The fraction of sp³-hybridized carbons (Fsp3) is 0.455. The quantitative estimate of drug-likeness (QED) is 0.761. The standard InChI is InChI=1S/C11H14BrN3O3S3/c1-6(2)3-9-13-14-11(20-9)15-21(17,18)8-4-7(5-16)19-10(8)12/h4,6,16H,3,5H2,1-2H3,(H,14,15). The van der Waals surface area contributed by atoms with Gasteiger partial charge in [-0.25, -0.2) is 8.42 Å². The van der Waals surface area contributed by atoms with Crippen molar-refractivity contribution in [1.82, 2.24) is 10.2 Å². The first kappa shape index (κ1) is 16.8. The molecule has 0 aliphatic heterocycles. The number of nitrogens with zero attached hydrogens (tertiary/aromatic N) is 2. The Hall–Kier alpha value is -0.550. The summed E-state index contributed by atoms with van der Waals surface area (Å²) in [5.74, 6) is 0.431. The van der Waals surface area contributed by atoms with Gasteiger partial charge in [-0.15, -0.1) is 21.5 Å². The maximum Gasteiger partial charge on any atom is 0.265 e. The average Bonchev–Trinajstić information content (AvgIpc) is 2.95. The summed E-state index contributed by atoms with van der Waals surface area (Å²) in [5, 5.41) is 17.9. The molecule has 2 aromatic rings. The van der Waals surface area contributed by atoms with Crippen molar-refractivity contribution in [3.8, 4) is 0 Å². The number of nitrogens with one attached hydrogen (secondary N) is 1. The first-order valence-electron chi connectivity index (χ1n) is 6.06. The van der Waals surface area contributed by atoms with Crippen LogP contribution in [-0.2, 0) is 23.1 Å². The molecule has 0 bridgehead atoms. The van der Waals surface area contributed by atoms with E-state index in [2.05, 4.69) is 44.7 Å². The van der Waals surface area contributed by atoms with E-state index in [1.165, 1.54) is 28.7 Å². The zero-order valence-corrected chi connectivity index (χ0v) is 15.4. The highest BCUT2D eigenvalue weighted by Crippen LogP contribution is 2.33. The SMILES string of the molecule is CC(C)Cc1nnc(NS(=O)(=O)c2cc(CO)sc2Br)s1. The lowest BCUT2D eigenvalue weighted by Gasteiger charge is -2.02. The highest BCUT2D eigenvalue weighted by Gasteiger charge is 2.22. The number of rotatable bonds is 6. The summed E-state index contributed by atoms with van der Waals surface area (Å²) in [6.45, 7) is 3.92. The fourth-order valence-electron chi connectivity index (χ4n) is 1.56. The van der Waals surface area contributed by atoms with E-state index in [1.54, 1.807) is 0 Å². The maximum absolute atomic E-state index is 12.3. The molecule has 2 heterocycles. The van der Waals surface area contributed by atoms with Gasteiger partial charge in [0.05, 0.1) is 10.4 Å². The first-order valence-corrected chi connectivity index (χ1v) is 9.97. The minimum absolute atomic E-state index is 0.0946. The van der Waals surface area contributed by atoms with Crippen molar-refractivity contribution in [2.24, 2.45) is 5.92 Å². The van der Waals surface area contributed by atoms with E-state index >= 15 is 0 Å². The smallest absolute Gasteiger partial charge is 0.265 e. The second kappa shape index (κ2) is 6.69. The van der Waals surface area contributed by atoms with Crippen molar-refractivity contribution in [2.75, 3.05) is 4.72 Å². The van der Waals surface area contributed by atoms with E-state index in [-0.39, 0.29) is 16.6 Å². The van der Waals surface area contributed by atoms with Crippen molar-refractivity contribution in [3.63, 3.8) is 0 Å². The van der Waals surface area contributed by atoms with Gasteiger partial charge in [0.2, 0.25) is 5.13 Å². The van der Waals surface area contributed by atoms with Crippen LogP contribution in [0, 0.1) is 5.92 Å². The van der Waals surface area contributed by atoms with Crippen molar-refractivity contribution >= 4 is 53.8 Å². The van der Waals surface area contributed by atoms with Gasteiger partial charge >= 0.3 is 0 Å². The zero-order valence-electron chi connectivity index (χ0n) is 11.3. The van der Waals surface area contributed by atoms with Crippen molar-refractivity contribution in [3.05, 3.63) is 19.7 Å². The Labute approximate surface area is 139 Å². The number of aliphatic hydroxyl groups excluding tert-OH is 1. The van der Waals surface area contributed by atoms with Crippen LogP contribution in [0.3, 0.4) is 0 Å². The monoisotopic (exact) mass is 411 g/mol. The summed E-state index contributed by atoms with van der Waals surface area (Å²) < 4.78 is 27.5. The molecule has 0 saturated carbocycles. The second-order valence-corrected chi connectivity index (χ2v) is 9.88. The third-order valence-corrected chi connectivity index (χ3v) is 6.99. The van der Waals surface area contributed by atoms with Gasteiger partial charge < -0.3 is 5.11 Å². The minimum atomic E-state index is -3.74. The predicted molar refractivity (Wildman–Crippen MR) is 87.2 cm³/mol. The summed E-state index contributed by atoms with van der Waals surface area (Å²) in [7, 11) is -3.74. The topological polar surface area (TPSA) is 92.2 Å². The van der Waals surface area contributed by atoms with Gasteiger partial charge in [0.1, 0.15) is 9.90 Å². The van der Waals surface area contributed by atoms with Gasteiger partial charge in [-0.3, -0.25) is 4.72 Å². The molecule has 2 aromatic heterocycles. The molecule has 0 atom stereocenters. The second-order valence-electron chi connectivity index (χ2n) is 4.71. The van der Waals surface area contributed by atoms with Gasteiger partial charge in [0.15, 0.2) is 0 Å². The molecule has 116 valence electrons. The third-order valence-electron chi connectivity index (χ3n) is 2.42. The lowest BCUT2D eigenvalue weighted by Crippen LogP contribution is -2.12. The molecule has 0 amide bonds. The van der Waals surface area contributed by atoms with Crippen molar-refractivity contribution in [1.29, 1.82) is 0 Å². The van der Waals surface area contributed by atoms with Crippen LogP contribution in [0.25, 0.3) is 0 Å². The molecular formula is C11H14BrN3O3S3. The molecular weight excluding hydrogens is 398 g/mol. The van der Waals surface area contributed by atoms with Crippen LogP contribution < -0.4 is 4.72 Å². The summed E-state index contributed by atoms with van der Waals surface area (Å²) in [6.07, 6.45) is 0.760. The number of anilines is 1. The number of aromatic nitrogens is 2. The van der Waals surface area contributed by atoms with Crippen LogP contribution in [0.2, 0.25) is 0 Å². The molecule has 2 N–H and O–H groups in total. The fourth-order valence-corrected chi connectivity index (χ4v) is 6.28.